The minimum absolute atomic E-state index is 0.0562. The van der Waals surface area contributed by atoms with Crippen molar-refractivity contribution in [2.75, 3.05) is 29.4 Å². The summed E-state index contributed by atoms with van der Waals surface area (Å²) in [6.07, 6.45) is 3.10. The molecule has 29 heavy (non-hydrogen) atoms. The Morgan fingerprint density at radius 1 is 1.31 bits per heavy atom. The van der Waals surface area contributed by atoms with Crippen LogP contribution in [0.3, 0.4) is 0 Å². The van der Waals surface area contributed by atoms with Crippen molar-refractivity contribution in [2.24, 2.45) is 0 Å². The molecule has 0 fully saturated rings. The second-order valence-corrected chi connectivity index (χ2v) is 9.21. The van der Waals surface area contributed by atoms with Crippen LogP contribution in [0.5, 0.6) is 0 Å². The monoisotopic (exact) mass is 441 g/mol. The zero-order valence-corrected chi connectivity index (χ0v) is 17.6. The first kappa shape index (κ1) is 22.8. The molecule has 0 aliphatic rings. The third-order valence-corrected chi connectivity index (χ3v) is 6.06. The number of non-ortho nitro benzene ring substituents is 1. The number of anilines is 1. The molecule has 0 saturated carbocycles. The average molecular weight is 442 g/mol. The average Bonchev–Trinajstić information content (AvgIpc) is 3.17. The minimum Gasteiger partial charge on any atom is -0.468 e. The smallest absolute Gasteiger partial charge is 0.271 e. The fourth-order valence-corrected chi connectivity index (χ4v) is 4.26. The Morgan fingerprint density at radius 2 is 2.10 bits per heavy atom. The number of rotatable bonds is 12. The predicted molar refractivity (Wildman–Crippen MR) is 112 cm³/mol. The molecule has 2 rings (SSSR count). The summed E-state index contributed by atoms with van der Waals surface area (Å²) < 4.78 is 30.4. The molecule has 0 radical (unpaired) electrons. The van der Waals surface area contributed by atoms with E-state index in [-0.39, 0.29) is 30.2 Å². The van der Waals surface area contributed by atoms with Crippen molar-refractivity contribution < 1.29 is 22.6 Å². The lowest BCUT2D eigenvalue weighted by Gasteiger charge is -2.22. The predicted octanol–water partition coefficient (Wildman–Crippen LogP) is 2.78. The van der Waals surface area contributed by atoms with Gasteiger partial charge in [0, 0.05) is 37.4 Å². The quantitative estimate of drug-likeness (QED) is 0.305. The van der Waals surface area contributed by atoms with Crippen molar-refractivity contribution in [3.05, 3.63) is 58.5 Å². The first-order valence-electron chi connectivity index (χ1n) is 8.86. The molecule has 0 spiro atoms. The molecule has 11 heteroatoms. The molecule has 1 aromatic heterocycles. The maximum absolute atomic E-state index is 12.1. The molecule has 1 heterocycles. The van der Waals surface area contributed by atoms with Crippen LogP contribution in [0.25, 0.3) is 0 Å². The highest BCUT2D eigenvalue weighted by molar-refractivity contribution is 7.98. The Morgan fingerprint density at radius 3 is 2.76 bits per heavy atom. The summed E-state index contributed by atoms with van der Waals surface area (Å²) in [5.41, 5.74) is 0.0115. The van der Waals surface area contributed by atoms with Gasteiger partial charge in [0.2, 0.25) is 15.9 Å². The van der Waals surface area contributed by atoms with Crippen molar-refractivity contribution >= 4 is 39.1 Å². The van der Waals surface area contributed by atoms with Gasteiger partial charge in [-0.2, -0.15) is 11.8 Å². The van der Waals surface area contributed by atoms with Crippen molar-refractivity contribution in [1.82, 2.24) is 5.32 Å². The summed E-state index contributed by atoms with van der Waals surface area (Å²) in [6.45, 7) is 0.561. The first-order chi connectivity index (χ1) is 13.8. The van der Waals surface area contributed by atoms with Gasteiger partial charge in [0.25, 0.3) is 5.69 Å². The van der Waals surface area contributed by atoms with Gasteiger partial charge < -0.3 is 9.73 Å². The molecule has 0 atom stereocenters. The molecule has 158 valence electrons. The molecule has 1 aromatic carbocycles. The number of carbonyl (C=O) groups excluding carboxylic acids is 1. The maximum atomic E-state index is 12.1. The largest absolute Gasteiger partial charge is 0.468 e. The highest BCUT2D eigenvalue weighted by atomic mass is 32.2. The molecular weight excluding hydrogens is 418 g/mol. The lowest BCUT2D eigenvalue weighted by Crippen LogP contribution is -2.32. The zero-order valence-electron chi connectivity index (χ0n) is 15.9. The summed E-state index contributed by atoms with van der Waals surface area (Å²) in [5, 5.41) is 13.7. The number of thioether (sulfide) groups is 1. The van der Waals surface area contributed by atoms with Crippen LogP contribution in [-0.4, -0.2) is 44.3 Å². The van der Waals surface area contributed by atoms with E-state index in [4.69, 9.17) is 4.42 Å². The van der Waals surface area contributed by atoms with Crippen LogP contribution in [0.2, 0.25) is 0 Å². The molecule has 1 amide bonds. The molecule has 2 aromatic rings. The number of nitrogens with one attached hydrogen (secondary N) is 1. The van der Waals surface area contributed by atoms with Crippen molar-refractivity contribution in [2.45, 2.75) is 18.6 Å². The molecule has 0 unspecified atom stereocenters. The van der Waals surface area contributed by atoms with E-state index >= 15 is 0 Å². The zero-order chi connectivity index (χ0) is 21.3. The van der Waals surface area contributed by atoms with Gasteiger partial charge in [0.1, 0.15) is 5.76 Å². The minimum atomic E-state index is -3.64. The number of nitro benzene ring substituents is 1. The van der Waals surface area contributed by atoms with Gasteiger partial charge in [-0.1, -0.05) is 6.07 Å². The lowest BCUT2D eigenvalue weighted by molar-refractivity contribution is -0.384. The molecule has 0 bridgehead atoms. The number of nitro groups is 1. The molecule has 1 N–H and O–H groups in total. The second-order valence-electron chi connectivity index (χ2n) is 6.20. The summed E-state index contributed by atoms with van der Waals surface area (Å²) in [4.78, 5) is 22.3. The molecule has 0 saturated heterocycles. The van der Waals surface area contributed by atoms with Gasteiger partial charge in [-0.25, -0.2) is 8.42 Å². The van der Waals surface area contributed by atoms with Gasteiger partial charge in [-0.05, 0) is 24.6 Å². The topological polar surface area (TPSA) is 123 Å². The van der Waals surface area contributed by atoms with Crippen LogP contribution < -0.4 is 9.62 Å². The van der Waals surface area contributed by atoms with Gasteiger partial charge >= 0.3 is 0 Å². The Kier molecular flexibility index (Phi) is 8.52. The van der Waals surface area contributed by atoms with Gasteiger partial charge in [0.05, 0.1) is 28.9 Å². The number of sulfonamides is 1. The summed E-state index contributed by atoms with van der Waals surface area (Å²) in [5.74, 6) is 2.17. The molecule has 9 nitrogen and oxygen atoms in total. The number of hydrogen-bond donors (Lipinski definition) is 1. The van der Waals surface area contributed by atoms with E-state index in [0.29, 0.717) is 13.0 Å². The Balaban J connectivity index is 1.77. The first-order valence-corrected chi connectivity index (χ1v) is 11.9. The molecule has 0 aliphatic carbocycles. The standard InChI is InChI=1S/C18H23N3O6S2/c1-29(25,26)20(15-5-2-6-16(13-15)21(23)24)10-3-8-18(22)19-9-12-28-14-17-7-4-11-27-17/h2,4-7,11,13H,3,8-10,12,14H2,1H3,(H,19,22). The van der Waals surface area contributed by atoms with E-state index in [9.17, 15) is 23.3 Å². The fraction of sp³-hybridized carbons (Fsp3) is 0.389. The maximum Gasteiger partial charge on any atom is 0.271 e. The number of benzene rings is 1. The summed E-state index contributed by atoms with van der Waals surface area (Å²) >= 11 is 1.63. The van der Waals surface area contributed by atoms with Crippen LogP contribution in [0, 0.1) is 10.1 Å². The highest BCUT2D eigenvalue weighted by Gasteiger charge is 2.19. The van der Waals surface area contributed by atoms with Gasteiger partial charge in [-0.3, -0.25) is 19.2 Å². The van der Waals surface area contributed by atoms with E-state index in [1.165, 1.54) is 24.3 Å². The van der Waals surface area contributed by atoms with Crippen LogP contribution in [0.4, 0.5) is 11.4 Å². The number of amides is 1. The fourth-order valence-electron chi connectivity index (χ4n) is 2.55. The Bertz CT molecular complexity index is 915. The second kappa shape index (κ2) is 10.9. The van der Waals surface area contributed by atoms with Crippen LogP contribution in [-0.2, 0) is 20.6 Å². The van der Waals surface area contributed by atoms with E-state index in [2.05, 4.69) is 5.32 Å². The lowest BCUT2D eigenvalue weighted by atomic mass is 10.2. The van der Waals surface area contributed by atoms with Crippen molar-refractivity contribution in [1.29, 1.82) is 0 Å². The van der Waals surface area contributed by atoms with Gasteiger partial charge in [0.15, 0.2) is 0 Å². The Hall–Kier alpha value is -2.53. The van der Waals surface area contributed by atoms with Crippen LogP contribution >= 0.6 is 11.8 Å². The SMILES string of the molecule is CS(=O)(=O)N(CCCC(=O)NCCSCc1ccco1)c1cccc([N+](=O)[O-])c1. The summed E-state index contributed by atoms with van der Waals surface area (Å²) in [6, 6.07) is 9.13. The van der Waals surface area contributed by atoms with Crippen LogP contribution in [0.15, 0.2) is 47.1 Å². The van der Waals surface area contributed by atoms with E-state index in [1.807, 2.05) is 12.1 Å². The molecule has 0 aliphatic heterocycles. The van der Waals surface area contributed by atoms with E-state index in [1.54, 1.807) is 18.0 Å². The number of furan rings is 1. The third-order valence-electron chi connectivity index (χ3n) is 3.89. The number of hydrogen-bond acceptors (Lipinski definition) is 7. The normalized spacial score (nSPS) is 11.2. The van der Waals surface area contributed by atoms with Crippen molar-refractivity contribution in [3.8, 4) is 0 Å². The molecular formula is C18H23N3O6S2. The number of carbonyl (C=O) groups is 1. The van der Waals surface area contributed by atoms with E-state index in [0.717, 1.165) is 27.8 Å². The van der Waals surface area contributed by atoms with Crippen LogP contribution in [0.1, 0.15) is 18.6 Å². The highest BCUT2D eigenvalue weighted by Crippen LogP contribution is 2.23. The van der Waals surface area contributed by atoms with E-state index < -0.39 is 14.9 Å². The third kappa shape index (κ3) is 7.78. The van der Waals surface area contributed by atoms with Crippen molar-refractivity contribution in [3.63, 3.8) is 0 Å². The Labute approximate surface area is 173 Å². The van der Waals surface area contributed by atoms with Gasteiger partial charge in [-0.15, -0.1) is 0 Å². The number of nitrogens with zero attached hydrogens (tertiary/aromatic N) is 2. The summed E-state index contributed by atoms with van der Waals surface area (Å²) in [7, 11) is -3.64.